The summed E-state index contributed by atoms with van der Waals surface area (Å²) in [6.45, 7) is 3.54. The second-order valence-corrected chi connectivity index (χ2v) is 3.54. The molecule has 0 aliphatic rings. The summed E-state index contributed by atoms with van der Waals surface area (Å²) >= 11 is 0. The molecule has 1 aromatic rings. The Morgan fingerprint density at radius 3 is 2.87 bits per heavy atom. The molecule has 4 nitrogen and oxygen atoms in total. The van der Waals surface area contributed by atoms with E-state index in [0.29, 0.717) is 5.56 Å². The zero-order chi connectivity index (χ0) is 11.3. The molecule has 0 saturated carbocycles. The van der Waals surface area contributed by atoms with Gasteiger partial charge in [-0.25, -0.2) is 0 Å². The molecule has 0 spiro atoms. The van der Waals surface area contributed by atoms with E-state index < -0.39 is 12.1 Å². The van der Waals surface area contributed by atoms with Crippen molar-refractivity contribution in [2.45, 2.75) is 32.5 Å². The number of rotatable bonds is 4. The van der Waals surface area contributed by atoms with E-state index in [9.17, 15) is 9.90 Å². The van der Waals surface area contributed by atoms with Crippen LogP contribution in [0.4, 0.5) is 0 Å². The number of carbonyl (C=O) groups is 1. The van der Waals surface area contributed by atoms with Crippen molar-refractivity contribution >= 4 is 5.97 Å². The van der Waals surface area contributed by atoms with Gasteiger partial charge in [0.2, 0.25) is 0 Å². The third kappa shape index (κ3) is 4.08. The van der Waals surface area contributed by atoms with Crippen molar-refractivity contribution in [3.05, 3.63) is 30.1 Å². The topological polar surface area (TPSA) is 59.4 Å². The highest BCUT2D eigenvalue weighted by Crippen LogP contribution is 2.15. The number of nitrogens with zero attached hydrogens (tertiary/aromatic N) is 1. The van der Waals surface area contributed by atoms with Gasteiger partial charge in [0.05, 0.1) is 18.6 Å². The number of aromatic nitrogens is 1. The van der Waals surface area contributed by atoms with E-state index in [1.807, 2.05) is 0 Å². The van der Waals surface area contributed by atoms with Gasteiger partial charge < -0.3 is 9.84 Å². The zero-order valence-electron chi connectivity index (χ0n) is 8.88. The van der Waals surface area contributed by atoms with Crippen molar-refractivity contribution in [3.63, 3.8) is 0 Å². The molecule has 0 aliphatic carbocycles. The fourth-order valence-corrected chi connectivity index (χ4v) is 1.16. The van der Waals surface area contributed by atoms with E-state index in [1.54, 1.807) is 32.2 Å². The predicted molar refractivity (Wildman–Crippen MR) is 55.0 cm³/mol. The molecule has 1 aromatic heterocycles. The lowest BCUT2D eigenvalue weighted by molar-refractivity contribution is -0.149. The lowest BCUT2D eigenvalue weighted by Crippen LogP contribution is -2.14. The van der Waals surface area contributed by atoms with Crippen LogP contribution in [0.3, 0.4) is 0 Å². The molecule has 0 amide bonds. The summed E-state index contributed by atoms with van der Waals surface area (Å²) in [5.41, 5.74) is 0.623. The number of aliphatic hydroxyl groups excluding tert-OH is 1. The van der Waals surface area contributed by atoms with E-state index >= 15 is 0 Å². The second-order valence-electron chi connectivity index (χ2n) is 3.54. The van der Waals surface area contributed by atoms with Crippen LogP contribution in [0.1, 0.15) is 31.9 Å². The lowest BCUT2D eigenvalue weighted by atomic mass is 10.1. The minimum Gasteiger partial charge on any atom is -0.463 e. The van der Waals surface area contributed by atoms with Crippen molar-refractivity contribution in [1.82, 2.24) is 4.98 Å². The first-order chi connectivity index (χ1) is 7.09. The van der Waals surface area contributed by atoms with E-state index in [1.165, 1.54) is 6.20 Å². The molecular weight excluding hydrogens is 194 g/mol. The molecule has 1 heterocycles. The number of pyridine rings is 1. The Bertz CT molecular complexity index is 311. The molecule has 0 saturated heterocycles. The molecule has 1 atom stereocenters. The SMILES string of the molecule is CC(C)OC(=O)CC(O)c1cccnc1. The van der Waals surface area contributed by atoms with E-state index in [4.69, 9.17) is 4.74 Å². The maximum atomic E-state index is 11.2. The Morgan fingerprint density at radius 2 is 2.33 bits per heavy atom. The van der Waals surface area contributed by atoms with Crippen molar-refractivity contribution in [2.75, 3.05) is 0 Å². The van der Waals surface area contributed by atoms with E-state index in [-0.39, 0.29) is 12.5 Å². The number of hydrogen-bond donors (Lipinski definition) is 1. The van der Waals surface area contributed by atoms with Crippen molar-refractivity contribution in [1.29, 1.82) is 0 Å². The smallest absolute Gasteiger partial charge is 0.309 e. The summed E-state index contributed by atoms with van der Waals surface area (Å²) < 4.78 is 4.92. The van der Waals surface area contributed by atoms with Gasteiger partial charge >= 0.3 is 5.97 Å². The van der Waals surface area contributed by atoms with Crippen molar-refractivity contribution in [2.24, 2.45) is 0 Å². The molecule has 0 aromatic carbocycles. The number of esters is 1. The van der Waals surface area contributed by atoms with Crippen LogP contribution in [-0.4, -0.2) is 22.2 Å². The first-order valence-corrected chi connectivity index (χ1v) is 4.87. The van der Waals surface area contributed by atoms with Gasteiger partial charge in [-0.1, -0.05) is 6.07 Å². The Kier molecular flexibility index (Phi) is 4.24. The highest BCUT2D eigenvalue weighted by molar-refractivity contribution is 5.70. The summed E-state index contributed by atoms with van der Waals surface area (Å²) in [5, 5.41) is 9.66. The Balaban J connectivity index is 2.49. The van der Waals surface area contributed by atoms with Gasteiger partial charge in [-0.3, -0.25) is 9.78 Å². The highest BCUT2D eigenvalue weighted by Gasteiger charge is 2.14. The molecule has 1 rings (SSSR count). The minimum atomic E-state index is -0.843. The van der Waals surface area contributed by atoms with Gasteiger partial charge in [-0.2, -0.15) is 0 Å². The molecular formula is C11H15NO3. The van der Waals surface area contributed by atoms with Crippen LogP contribution < -0.4 is 0 Å². The van der Waals surface area contributed by atoms with Gasteiger partial charge in [0, 0.05) is 12.4 Å². The predicted octanol–water partition coefficient (Wildman–Crippen LogP) is 1.46. The molecule has 0 radical (unpaired) electrons. The molecule has 82 valence electrons. The quantitative estimate of drug-likeness (QED) is 0.762. The Morgan fingerprint density at radius 1 is 1.60 bits per heavy atom. The summed E-state index contributed by atoms with van der Waals surface area (Å²) in [4.78, 5) is 15.1. The number of hydrogen-bond acceptors (Lipinski definition) is 4. The Labute approximate surface area is 88.9 Å². The fraction of sp³-hybridized carbons (Fsp3) is 0.455. The van der Waals surface area contributed by atoms with Crippen LogP contribution in [-0.2, 0) is 9.53 Å². The number of carbonyl (C=O) groups excluding carboxylic acids is 1. The van der Waals surface area contributed by atoms with Crippen LogP contribution in [0, 0.1) is 0 Å². The van der Waals surface area contributed by atoms with Gasteiger partial charge in [-0.15, -0.1) is 0 Å². The minimum absolute atomic E-state index is 0.0378. The Hall–Kier alpha value is -1.42. The maximum absolute atomic E-state index is 11.2. The molecule has 15 heavy (non-hydrogen) atoms. The van der Waals surface area contributed by atoms with Crippen LogP contribution in [0.25, 0.3) is 0 Å². The number of aliphatic hydroxyl groups is 1. The average Bonchev–Trinajstić information content (AvgIpc) is 2.17. The van der Waals surface area contributed by atoms with E-state index in [2.05, 4.69) is 4.98 Å². The van der Waals surface area contributed by atoms with Crippen LogP contribution in [0.5, 0.6) is 0 Å². The normalized spacial score (nSPS) is 12.5. The fourth-order valence-electron chi connectivity index (χ4n) is 1.16. The first-order valence-electron chi connectivity index (χ1n) is 4.87. The van der Waals surface area contributed by atoms with Gasteiger partial charge in [0.25, 0.3) is 0 Å². The second kappa shape index (κ2) is 5.46. The third-order valence-electron chi connectivity index (χ3n) is 1.80. The van der Waals surface area contributed by atoms with Crippen molar-refractivity contribution < 1.29 is 14.6 Å². The lowest BCUT2D eigenvalue weighted by Gasteiger charge is -2.11. The number of ether oxygens (including phenoxy) is 1. The van der Waals surface area contributed by atoms with E-state index in [0.717, 1.165) is 0 Å². The molecule has 0 fully saturated rings. The van der Waals surface area contributed by atoms with Gasteiger partial charge in [0.1, 0.15) is 0 Å². The maximum Gasteiger partial charge on any atom is 0.309 e. The standard InChI is InChI=1S/C11H15NO3/c1-8(2)15-11(14)6-10(13)9-4-3-5-12-7-9/h3-5,7-8,10,13H,6H2,1-2H3. The van der Waals surface area contributed by atoms with Gasteiger partial charge in [-0.05, 0) is 25.5 Å². The monoisotopic (exact) mass is 209 g/mol. The summed E-state index contributed by atoms with van der Waals surface area (Å²) in [7, 11) is 0. The summed E-state index contributed by atoms with van der Waals surface area (Å²) in [6, 6.07) is 3.44. The average molecular weight is 209 g/mol. The molecule has 0 bridgehead atoms. The van der Waals surface area contributed by atoms with Crippen LogP contribution in [0.2, 0.25) is 0 Å². The highest BCUT2D eigenvalue weighted by atomic mass is 16.5. The largest absolute Gasteiger partial charge is 0.463 e. The molecule has 4 heteroatoms. The summed E-state index contributed by atoms with van der Waals surface area (Å²) in [6.07, 6.45) is 2.11. The molecule has 1 unspecified atom stereocenters. The van der Waals surface area contributed by atoms with Crippen LogP contribution >= 0.6 is 0 Å². The van der Waals surface area contributed by atoms with Crippen molar-refractivity contribution in [3.8, 4) is 0 Å². The zero-order valence-corrected chi connectivity index (χ0v) is 8.88. The first kappa shape index (κ1) is 11.7. The summed E-state index contributed by atoms with van der Waals surface area (Å²) in [5.74, 6) is -0.402. The molecule has 1 N–H and O–H groups in total. The van der Waals surface area contributed by atoms with Gasteiger partial charge in [0.15, 0.2) is 0 Å². The third-order valence-corrected chi connectivity index (χ3v) is 1.80. The van der Waals surface area contributed by atoms with Crippen LogP contribution in [0.15, 0.2) is 24.5 Å². The molecule has 0 aliphatic heterocycles.